The summed E-state index contributed by atoms with van der Waals surface area (Å²) in [6, 6.07) is 0. The highest BCUT2D eigenvalue weighted by molar-refractivity contribution is 5.81. The summed E-state index contributed by atoms with van der Waals surface area (Å²) in [6.45, 7) is 13.1. The monoisotopic (exact) mass is 824 g/mol. The van der Waals surface area contributed by atoms with Crippen molar-refractivity contribution in [1.82, 2.24) is 5.32 Å². The van der Waals surface area contributed by atoms with Crippen LogP contribution in [0.3, 0.4) is 0 Å². The van der Waals surface area contributed by atoms with Gasteiger partial charge in [-0.25, -0.2) is 0 Å². The molecule has 0 rings (SSSR count). The van der Waals surface area contributed by atoms with Gasteiger partial charge in [0.2, 0.25) is 5.91 Å². The summed E-state index contributed by atoms with van der Waals surface area (Å²) in [6.07, 6.45) is 45.4. The van der Waals surface area contributed by atoms with E-state index in [1.807, 2.05) is 13.8 Å². The van der Waals surface area contributed by atoms with E-state index in [4.69, 9.17) is 14.2 Å². The fourth-order valence-corrected chi connectivity index (χ4v) is 7.65. The number of carbonyl (C=O) groups is 2. The van der Waals surface area contributed by atoms with Crippen LogP contribution in [0, 0.1) is 0 Å². The Balaban J connectivity index is 4.31. The minimum absolute atomic E-state index is 0.0377. The van der Waals surface area contributed by atoms with Crippen LogP contribution in [0.2, 0.25) is 0 Å². The molecule has 0 bridgehead atoms. The fraction of sp³-hybridized carbons (Fsp3) is 0.961. The summed E-state index contributed by atoms with van der Waals surface area (Å²) in [4.78, 5) is 25.3. The quantitative estimate of drug-likeness (QED) is 0.0469. The molecule has 0 aliphatic carbocycles. The zero-order valence-corrected chi connectivity index (χ0v) is 39.9. The number of hydrogen-bond donors (Lipinski definition) is 2. The molecular formula is C51H101NO6. The first kappa shape index (κ1) is 56.8. The maximum absolute atomic E-state index is 12.9. The maximum atomic E-state index is 12.9. The normalized spacial score (nSPS) is 12.1. The van der Waals surface area contributed by atoms with Crippen molar-refractivity contribution in [3.8, 4) is 0 Å². The highest BCUT2D eigenvalue weighted by Gasteiger charge is 2.23. The number of nitrogens with one attached hydrogen (secondary N) is 1. The molecule has 0 heterocycles. The molecular weight excluding hydrogens is 723 g/mol. The van der Waals surface area contributed by atoms with Gasteiger partial charge in [-0.1, -0.05) is 206 Å². The third-order valence-corrected chi connectivity index (χ3v) is 11.4. The summed E-state index contributed by atoms with van der Waals surface area (Å²) in [7, 11) is 0. The summed E-state index contributed by atoms with van der Waals surface area (Å²) in [5.74, 6) is -0.416. The standard InChI is InChI=1S/C51H101NO6/c1-7-9-11-13-15-17-19-21-23-25-27-29-31-33-35-37-39-47(40-38-36-34-32-30-28-26-24-22-20-18-16-14-12-10-8-2)58-49(54)42-41-48(53)52-43-44-56-46-51(5,6)57-45-50(3,4)55/h47,55H,7-46H2,1-6H3,(H,52,53). The lowest BCUT2D eigenvalue weighted by atomic mass is 10.0. The van der Waals surface area contributed by atoms with E-state index in [0.29, 0.717) is 19.8 Å². The van der Waals surface area contributed by atoms with Gasteiger partial charge in [0.05, 0.1) is 37.4 Å². The van der Waals surface area contributed by atoms with Crippen LogP contribution in [0.5, 0.6) is 0 Å². The Labute approximate surface area is 361 Å². The summed E-state index contributed by atoms with van der Waals surface area (Å²) in [5, 5.41) is 12.8. The number of unbranched alkanes of at least 4 members (excludes halogenated alkanes) is 30. The number of aliphatic hydroxyl groups is 1. The third-order valence-electron chi connectivity index (χ3n) is 11.4. The van der Waals surface area contributed by atoms with Crippen molar-refractivity contribution in [3.63, 3.8) is 0 Å². The van der Waals surface area contributed by atoms with Crippen LogP contribution in [0.1, 0.15) is 273 Å². The Bertz CT molecular complexity index is 851. The molecule has 0 radical (unpaired) electrons. The van der Waals surface area contributed by atoms with Crippen LogP contribution >= 0.6 is 0 Å². The second kappa shape index (κ2) is 41.2. The first-order valence-electron chi connectivity index (χ1n) is 25.4. The molecule has 7 heteroatoms. The number of esters is 1. The van der Waals surface area contributed by atoms with E-state index in [1.165, 1.54) is 193 Å². The highest BCUT2D eigenvalue weighted by atomic mass is 16.6. The molecule has 0 spiro atoms. The van der Waals surface area contributed by atoms with Crippen LogP contribution < -0.4 is 5.32 Å². The molecule has 0 saturated heterocycles. The predicted molar refractivity (Wildman–Crippen MR) is 248 cm³/mol. The lowest BCUT2D eigenvalue weighted by molar-refractivity contribution is -0.151. The predicted octanol–water partition coefficient (Wildman–Crippen LogP) is 14.7. The van der Waals surface area contributed by atoms with Gasteiger partial charge in [-0.3, -0.25) is 9.59 Å². The van der Waals surface area contributed by atoms with Crippen molar-refractivity contribution in [2.24, 2.45) is 0 Å². The summed E-state index contributed by atoms with van der Waals surface area (Å²) >= 11 is 0. The molecule has 0 aromatic heterocycles. The van der Waals surface area contributed by atoms with Crippen LogP contribution in [-0.4, -0.2) is 60.7 Å². The lowest BCUT2D eigenvalue weighted by Crippen LogP contribution is -2.38. The third kappa shape index (κ3) is 44.4. The molecule has 0 aliphatic heterocycles. The van der Waals surface area contributed by atoms with Crippen molar-refractivity contribution in [2.75, 3.05) is 26.4 Å². The first-order chi connectivity index (χ1) is 28.0. The van der Waals surface area contributed by atoms with Crippen LogP contribution in [0.4, 0.5) is 0 Å². The van der Waals surface area contributed by atoms with E-state index in [1.54, 1.807) is 13.8 Å². The summed E-state index contributed by atoms with van der Waals surface area (Å²) in [5.41, 5.74) is -1.44. The van der Waals surface area contributed by atoms with E-state index in [0.717, 1.165) is 25.7 Å². The molecule has 58 heavy (non-hydrogen) atoms. The second-order valence-electron chi connectivity index (χ2n) is 19.1. The highest BCUT2D eigenvalue weighted by Crippen LogP contribution is 2.20. The van der Waals surface area contributed by atoms with Crippen LogP contribution in [0.25, 0.3) is 0 Å². The van der Waals surface area contributed by atoms with Gasteiger partial charge in [0.1, 0.15) is 6.10 Å². The average Bonchev–Trinajstić information content (AvgIpc) is 3.18. The molecule has 346 valence electrons. The Hall–Kier alpha value is -1.18. The Morgan fingerprint density at radius 2 is 0.845 bits per heavy atom. The minimum Gasteiger partial charge on any atom is -0.462 e. The van der Waals surface area contributed by atoms with E-state index >= 15 is 0 Å². The molecule has 0 fully saturated rings. The van der Waals surface area contributed by atoms with Gasteiger partial charge in [-0.2, -0.15) is 0 Å². The van der Waals surface area contributed by atoms with Crippen molar-refractivity contribution in [2.45, 2.75) is 290 Å². The van der Waals surface area contributed by atoms with E-state index < -0.39 is 11.2 Å². The van der Waals surface area contributed by atoms with Crippen molar-refractivity contribution in [3.05, 3.63) is 0 Å². The Kier molecular flexibility index (Phi) is 40.3. The largest absolute Gasteiger partial charge is 0.462 e. The molecule has 0 atom stereocenters. The number of hydrogen-bond acceptors (Lipinski definition) is 6. The van der Waals surface area contributed by atoms with Crippen molar-refractivity contribution >= 4 is 11.9 Å². The van der Waals surface area contributed by atoms with E-state index in [2.05, 4.69) is 19.2 Å². The van der Waals surface area contributed by atoms with Gasteiger partial charge in [0.15, 0.2) is 0 Å². The zero-order chi connectivity index (χ0) is 42.8. The lowest BCUT2D eigenvalue weighted by Gasteiger charge is -2.29. The Morgan fingerprint density at radius 1 is 0.500 bits per heavy atom. The molecule has 0 aliphatic rings. The van der Waals surface area contributed by atoms with E-state index in [-0.39, 0.29) is 37.4 Å². The van der Waals surface area contributed by atoms with Gasteiger partial charge in [-0.15, -0.1) is 0 Å². The average molecular weight is 824 g/mol. The smallest absolute Gasteiger partial charge is 0.306 e. The number of rotatable bonds is 46. The maximum Gasteiger partial charge on any atom is 0.306 e. The van der Waals surface area contributed by atoms with Gasteiger partial charge in [0, 0.05) is 13.0 Å². The minimum atomic E-state index is -0.899. The summed E-state index contributed by atoms with van der Waals surface area (Å²) < 4.78 is 17.5. The fourth-order valence-electron chi connectivity index (χ4n) is 7.65. The molecule has 0 aromatic rings. The SMILES string of the molecule is CCCCCCCCCCCCCCCCCCC(CCCCCCCCCCCCCCCCCC)OC(=O)CCC(=O)NCCOCC(C)(C)OCC(C)(C)O. The van der Waals surface area contributed by atoms with Crippen LogP contribution in [0.15, 0.2) is 0 Å². The van der Waals surface area contributed by atoms with Crippen molar-refractivity contribution in [1.29, 1.82) is 0 Å². The van der Waals surface area contributed by atoms with Crippen LogP contribution in [-0.2, 0) is 23.8 Å². The number of carbonyl (C=O) groups excluding carboxylic acids is 2. The van der Waals surface area contributed by atoms with Gasteiger partial charge >= 0.3 is 5.97 Å². The van der Waals surface area contributed by atoms with Gasteiger partial charge in [-0.05, 0) is 53.4 Å². The molecule has 1 amide bonds. The van der Waals surface area contributed by atoms with Gasteiger partial charge in [0.25, 0.3) is 0 Å². The molecule has 0 aromatic carbocycles. The molecule has 0 saturated carbocycles. The number of ether oxygens (including phenoxy) is 3. The Morgan fingerprint density at radius 3 is 1.19 bits per heavy atom. The second-order valence-corrected chi connectivity index (χ2v) is 19.1. The zero-order valence-electron chi connectivity index (χ0n) is 39.9. The molecule has 7 nitrogen and oxygen atoms in total. The molecule has 2 N–H and O–H groups in total. The van der Waals surface area contributed by atoms with Crippen molar-refractivity contribution < 1.29 is 28.9 Å². The first-order valence-corrected chi connectivity index (χ1v) is 25.4. The topological polar surface area (TPSA) is 94.1 Å². The van der Waals surface area contributed by atoms with E-state index in [9.17, 15) is 14.7 Å². The number of amides is 1. The van der Waals surface area contributed by atoms with Gasteiger partial charge < -0.3 is 24.6 Å². The molecule has 0 unspecified atom stereocenters.